The Bertz CT molecular complexity index is 1440. The predicted molar refractivity (Wildman–Crippen MR) is 126 cm³/mol. The number of anilines is 1. The Morgan fingerprint density at radius 3 is 2.55 bits per heavy atom. The van der Waals surface area contributed by atoms with Gasteiger partial charge < -0.3 is 5.32 Å². The number of fused-ring (bicyclic) bond motifs is 1. The average Bonchev–Trinajstić information content (AvgIpc) is 3.21. The van der Waals surface area contributed by atoms with Crippen LogP contribution in [0.15, 0.2) is 57.4 Å². The van der Waals surface area contributed by atoms with E-state index in [-0.39, 0.29) is 18.0 Å². The number of aryl methyl sites for hydroxylation is 3. The number of hydrogen-bond donors (Lipinski definition) is 1. The number of aromatic nitrogens is 2. The molecule has 2 aromatic heterocycles. The number of thiophene rings is 1. The van der Waals surface area contributed by atoms with E-state index >= 15 is 0 Å². The van der Waals surface area contributed by atoms with Crippen LogP contribution < -0.4 is 16.6 Å². The van der Waals surface area contributed by atoms with E-state index in [1.807, 2.05) is 64.1 Å². The first-order valence-corrected chi connectivity index (χ1v) is 10.8. The first-order chi connectivity index (χ1) is 14.8. The highest BCUT2D eigenvalue weighted by atomic mass is 32.1. The highest BCUT2D eigenvalue weighted by Crippen LogP contribution is 2.20. The number of carbonyl (C=O) groups is 1. The van der Waals surface area contributed by atoms with E-state index in [1.165, 1.54) is 20.5 Å². The van der Waals surface area contributed by atoms with Crippen LogP contribution in [0.3, 0.4) is 0 Å². The summed E-state index contributed by atoms with van der Waals surface area (Å²) in [6.45, 7) is 7.49. The normalized spacial score (nSPS) is 11.1. The van der Waals surface area contributed by atoms with E-state index in [4.69, 9.17) is 0 Å². The van der Waals surface area contributed by atoms with Crippen LogP contribution in [0, 0.1) is 27.7 Å². The molecule has 7 heteroatoms. The first-order valence-electron chi connectivity index (χ1n) is 9.94. The number of amides is 1. The summed E-state index contributed by atoms with van der Waals surface area (Å²) in [5, 5.41) is 4.66. The maximum Gasteiger partial charge on any atom is 0.336 e. The summed E-state index contributed by atoms with van der Waals surface area (Å²) in [6, 6.07) is 13.0. The van der Waals surface area contributed by atoms with Crippen molar-refractivity contribution in [2.24, 2.45) is 0 Å². The summed E-state index contributed by atoms with van der Waals surface area (Å²) < 4.78 is 2.99. The number of nitrogens with one attached hydrogen (secondary N) is 1. The van der Waals surface area contributed by atoms with Gasteiger partial charge in [0.1, 0.15) is 11.2 Å². The van der Waals surface area contributed by atoms with E-state index in [9.17, 15) is 14.4 Å². The van der Waals surface area contributed by atoms with Crippen molar-refractivity contribution in [3.05, 3.63) is 90.9 Å². The lowest BCUT2D eigenvalue weighted by atomic mass is 10.1. The summed E-state index contributed by atoms with van der Waals surface area (Å²) in [7, 11) is 0. The van der Waals surface area contributed by atoms with Gasteiger partial charge in [-0.3, -0.25) is 14.2 Å². The summed E-state index contributed by atoms with van der Waals surface area (Å²) in [5.41, 5.74) is 4.62. The van der Waals surface area contributed by atoms with E-state index < -0.39 is 5.69 Å². The maximum atomic E-state index is 13.4. The second kappa shape index (κ2) is 8.00. The molecule has 1 amide bonds. The van der Waals surface area contributed by atoms with Gasteiger partial charge in [0.05, 0.1) is 11.2 Å². The first kappa shape index (κ1) is 20.8. The van der Waals surface area contributed by atoms with Crippen LogP contribution in [0.4, 0.5) is 5.69 Å². The van der Waals surface area contributed by atoms with Gasteiger partial charge in [-0.2, -0.15) is 0 Å². The molecular weight excluding hydrogens is 410 g/mol. The largest absolute Gasteiger partial charge is 0.336 e. The molecule has 0 atom stereocenters. The molecule has 0 aliphatic heterocycles. The van der Waals surface area contributed by atoms with Gasteiger partial charge in [0, 0.05) is 5.69 Å². The minimum atomic E-state index is -0.527. The molecule has 2 heterocycles. The maximum absolute atomic E-state index is 13.4. The number of rotatable bonds is 4. The highest BCUT2D eigenvalue weighted by Gasteiger charge is 2.19. The minimum Gasteiger partial charge on any atom is -0.324 e. The topological polar surface area (TPSA) is 73.1 Å². The standard InChI is InChI=1S/C24H23N3O3S/c1-14-8-9-16(3)20(12-14)27-23(29)22-19(10-11-31-22)26(24(27)30)13-21(28)25-18-7-5-6-15(2)17(18)4/h5-12H,13H2,1-4H3,(H,25,28). The van der Waals surface area contributed by atoms with E-state index in [2.05, 4.69) is 5.32 Å². The van der Waals surface area contributed by atoms with Gasteiger partial charge in [0.2, 0.25) is 5.91 Å². The Hall–Kier alpha value is -3.45. The average molecular weight is 434 g/mol. The molecule has 6 nitrogen and oxygen atoms in total. The molecule has 158 valence electrons. The molecule has 0 bridgehead atoms. The van der Waals surface area contributed by atoms with Gasteiger partial charge in [0.15, 0.2) is 0 Å². The highest BCUT2D eigenvalue weighted by molar-refractivity contribution is 7.17. The Kier molecular flexibility index (Phi) is 5.37. The van der Waals surface area contributed by atoms with Crippen molar-refractivity contribution in [2.45, 2.75) is 34.2 Å². The van der Waals surface area contributed by atoms with E-state index in [1.54, 1.807) is 11.4 Å². The van der Waals surface area contributed by atoms with Crippen molar-refractivity contribution in [2.75, 3.05) is 5.32 Å². The second-order valence-corrected chi connectivity index (χ2v) is 8.65. The molecule has 4 aromatic rings. The van der Waals surface area contributed by atoms with Gasteiger partial charge >= 0.3 is 5.69 Å². The number of nitrogens with zero attached hydrogens (tertiary/aromatic N) is 2. The summed E-state index contributed by atoms with van der Waals surface area (Å²) in [6.07, 6.45) is 0. The third kappa shape index (κ3) is 3.72. The van der Waals surface area contributed by atoms with Crippen LogP contribution in [0.25, 0.3) is 15.9 Å². The van der Waals surface area contributed by atoms with E-state index in [0.29, 0.717) is 21.6 Å². The Labute approximate surface area is 183 Å². The fourth-order valence-corrected chi connectivity index (χ4v) is 4.46. The third-order valence-electron chi connectivity index (χ3n) is 5.54. The minimum absolute atomic E-state index is 0.190. The molecular formula is C24H23N3O3S. The number of hydrogen-bond acceptors (Lipinski definition) is 4. The number of carbonyl (C=O) groups excluding carboxylic acids is 1. The zero-order valence-corrected chi connectivity index (χ0v) is 18.7. The molecule has 0 fully saturated rings. The fraction of sp³-hybridized carbons (Fsp3) is 0.208. The summed E-state index contributed by atoms with van der Waals surface area (Å²) in [4.78, 5) is 39.4. The molecule has 0 saturated heterocycles. The van der Waals surface area contributed by atoms with Crippen molar-refractivity contribution in [1.82, 2.24) is 9.13 Å². The molecule has 31 heavy (non-hydrogen) atoms. The third-order valence-corrected chi connectivity index (χ3v) is 6.43. The van der Waals surface area contributed by atoms with Gasteiger partial charge in [-0.1, -0.05) is 24.3 Å². The van der Waals surface area contributed by atoms with Gasteiger partial charge in [-0.05, 0) is 73.5 Å². The fourth-order valence-electron chi connectivity index (χ4n) is 3.63. The van der Waals surface area contributed by atoms with Crippen LogP contribution in [0.5, 0.6) is 0 Å². The van der Waals surface area contributed by atoms with Crippen molar-refractivity contribution >= 4 is 33.1 Å². The molecule has 0 saturated carbocycles. The lowest BCUT2D eigenvalue weighted by molar-refractivity contribution is -0.116. The van der Waals surface area contributed by atoms with Crippen molar-refractivity contribution in [3.8, 4) is 5.69 Å². The Morgan fingerprint density at radius 1 is 1.00 bits per heavy atom. The van der Waals surface area contributed by atoms with Gasteiger partial charge in [0.25, 0.3) is 5.56 Å². The Morgan fingerprint density at radius 2 is 1.77 bits per heavy atom. The Balaban J connectivity index is 1.83. The SMILES string of the molecule is Cc1ccc(C)c(-n2c(=O)c3sccc3n(CC(=O)Nc3cccc(C)c3C)c2=O)c1. The lowest BCUT2D eigenvalue weighted by Gasteiger charge is -2.15. The zero-order chi connectivity index (χ0) is 22.3. The summed E-state index contributed by atoms with van der Waals surface area (Å²) >= 11 is 1.27. The van der Waals surface area contributed by atoms with Crippen LogP contribution >= 0.6 is 11.3 Å². The predicted octanol–water partition coefficient (Wildman–Crippen LogP) is 4.09. The van der Waals surface area contributed by atoms with Crippen LogP contribution in [0.2, 0.25) is 0 Å². The van der Waals surface area contributed by atoms with Crippen LogP contribution in [-0.2, 0) is 11.3 Å². The van der Waals surface area contributed by atoms with Crippen LogP contribution in [0.1, 0.15) is 22.3 Å². The van der Waals surface area contributed by atoms with E-state index in [0.717, 1.165) is 22.3 Å². The molecule has 0 spiro atoms. The van der Waals surface area contributed by atoms with Gasteiger partial charge in [-0.25, -0.2) is 9.36 Å². The van der Waals surface area contributed by atoms with Crippen molar-refractivity contribution in [1.29, 1.82) is 0 Å². The van der Waals surface area contributed by atoms with Gasteiger partial charge in [-0.15, -0.1) is 11.3 Å². The monoisotopic (exact) mass is 433 g/mol. The molecule has 1 N–H and O–H groups in total. The molecule has 2 aromatic carbocycles. The smallest absolute Gasteiger partial charge is 0.324 e. The van der Waals surface area contributed by atoms with Crippen molar-refractivity contribution in [3.63, 3.8) is 0 Å². The lowest BCUT2D eigenvalue weighted by Crippen LogP contribution is -2.40. The summed E-state index contributed by atoms with van der Waals surface area (Å²) in [5.74, 6) is -0.325. The molecule has 4 rings (SSSR count). The second-order valence-electron chi connectivity index (χ2n) is 7.73. The number of benzene rings is 2. The molecule has 0 aliphatic carbocycles. The molecule has 0 unspecified atom stereocenters. The zero-order valence-electron chi connectivity index (χ0n) is 17.9. The molecule has 0 aliphatic rings. The van der Waals surface area contributed by atoms with Crippen molar-refractivity contribution < 1.29 is 4.79 Å². The van der Waals surface area contributed by atoms with Crippen LogP contribution in [-0.4, -0.2) is 15.0 Å². The quantitative estimate of drug-likeness (QED) is 0.527. The molecule has 0 radical (unpaired) electrons.